The van der Waals surface area contributed by atoms with E-state index >= 15 is 0 Å². The van der Waals surface area contributed by atoms with Gasteiger partial charge in [0.2, 0.25) is 5.90 Å². The molecule has 1 aliphatic rings. The molecule has 0 aliphatic carbocycles. The van der Waals surface area contributed by atoms with Gasteiger partial charge in [-0.3, -0.25) is 4.79 Å². The number of esters is 2. The number of carbonyl (C=O) groups excluding carboxylic acids is 2. The first-order valence-electron chi connectivity index (χ1n) is 7.74. The highest BCUT2D eigenvalue weighted by Crippen LogP contribution is 2.19. The van der Waals surface area contributed by atoms with Crippen molar-refractivity contribution in [1.29, 1.82) is 0 Å². The SMILES string of the molecule is CC(=O)Oc1ccc(C=C2N=C(C=Cc3ccc(Cl)cc3)OC2=O)cc1. The molecule has 0 amide bonds. The fraction of sp³-hybridized carbons (Fsp3) is 0.0500. The van der Waals surface area contributed by atoms with Crippen LogP contribution in [0.1, 0.15) is 18.1 Å². The second-order valence-electron chi connectivity index (χ2n) is 5.42. The van der Waals surface area contributed by atoms with E-state index in [0.29, 0.717) is 10.8 Å². The molecule has 3 rings (SSSR count). The second kappa shape index (κ2) is 7.80. The van der Waals surface area contributed by atoms with Crippen LogP contribution in [0, 0.1) is 0 Å². The molecule has 2 aromatic rings. The zero-order valence-corrected chi connectivity index (χ0v) is 14.6. The van der Waals surface area contributed by atoms with Crippen molar-refractivity contribution in [2.75, 3.05) is 0 Å². The highest BCUT2D eigenvalue weighted by atomic mass is 35.5. The highest BCUT2D eigenvalue weighted by molar-refractivity contribution is 6.30. The molecular weight excluding hydrogens is 354 g/mol. The molecule has 0 spiro atoms. The Morgan fingerprint density at radius 3 is 2.35 bits per heavy atom. The Balaban J connectivity index is 1.73. The van der Waals surface area contributed by atoms with E-state index in [9.17, 15) is 9.59 Å². The number of carbonyl (C=O) groups is 2. The summed E-state index contributed by atoms with van der Waals surface area (Å²) in [6.45, 7) is 1.33. The van der Waals surface area contributed by atoms with Gasteiger partial charge < -0.3 is 9.47 Å². The lowest BCUT2D eigenvalue weighted by Gasteiger charge is -2.00. The third-order valence-corrected chi connectivity index (χ3v) is 3.62. The van der Waals surface area contributed by atoms with E-state index < -0.39 is 11.9 Å². The quantitative estimate of drug-likeness (QED) is 0.459. The van der Waals surface area contributed by atoms with Crippen LogP contribution in [0.15, 0.2) is 65.3 Å². The topological polar surface area (TPSA) is 65.0 Å². The van der Waals surface area contributed by atoms with Crippen molar-refractivity contribution in [2.24, 2.45) is 4.99 Å². The van der Waals surface area contributed by atoms with Crippen LogP contribution < -0.4 is 4.74 Å². The first-order chi connectivity index (χ1) is 12.5. The molecule has 0 saturated heterocycles. The first-order valence-corrected chi connectivity index (χ1v) is 8.12. The molecule has 0 aromatic heterocycles. The minimum atomic E-state index is -0.523. The van der Waals surface area contributed by atoms with Crippen molar-refractivity contribution in [3.63, 3.8) is 0 Å². The summed E-state index contributed by atoms with van der Waals surface area (Å²) in [5.74, 6) is -0.265. The fourth-order valence-corrected chi connectivity index (χ4v) is 2.32. The van der Waals surface area contributed by atoms with E-state index in [4.69, 9.17) is 21.1 Å². The molecule has 1 heterocycles. The lowest BCUT2D eigenvalue weighted by atomic mass is 10.2. The number of hydrogen-bond acceptors (Lipinski definition) is 5. The molecule has 0 atom stereocenters. The Bertz CT molecular complexity index is 925. The van der Waals surface area contributed by atoms with Crippen molar-refractivity contribution in [2.45, 2.75) is 6.92 Å². The smallest absolute Gasteiger partial charge is 0.363 e. The van der Waals surface area contributed by atoms with Gasteiger partial charge in [-0.25, -0.2) is 9.79 Å². The molecule has 0 radical (unpaired) electrons. The maximum Gasteiger partial charge on any atom is 0.363 e. The van der Waals surface area contributed by atoms with Gasteiger partial charge in [0, 0.05) is 18.0 Å². The van der Waals surface area contributed by atoms with Crippen LogP contribution in [-0.4, -0.2) is 17.8 Å². The van der Waals surface area contributed by atoms with Crippen LogP contribution in [0.2, 0.25) is 5.02 Å². The number of benzene rings is 2. The highest BCUT2D eigenvalue weighted by Gasteiger charge is 2.21. The van der Waals surface area contributed by atoms with Crippen LogP contribution >= 0.6 is 11.6 Å². The number of cyclic esters (lactones) is 1. The average molecular weight is 368 g/mol. The minimum Gasteiger partial charge on any atom is -0.427 e. The molecule has 0 fully saturated rings. The Morgan fingerprint density at radius 1 is 1.04 bits per heavy atom. The predicted octanol–water partition coefficient (Wildman–Crippen LogP) is 4.27. The van der Waals surface area contributed by atoms with Gasteiger partial charge in [0.05, 0.1) is 0 Å². The van der Waals surface area contributed by atoms with E-state index in [1.54, 1.807) is 54.6 Å². The summed E-state index contributed by atoms with van der Waals surface area (Å²) in [6.07, 6.45) is 4.99. The van der Waals surface area contributed by atoms with E-state index in [1.165, 1.54) is 6.92 Å². The molecule has 1 aliphatic heterocycles. The average Bonchev–Trinajstić information content (AvgIpc) is 2.95. The van der Waals surface area contributed by atoms with Gasteiger partial charge in [0.1, 0.15) is 5.75 Å². The summed E-state index contributed by atoms with van der Waals surface area (Å²) in [6, 6.07) is 13.9. The number of halogens is 1. The monoisotopic (exact) mass is 367 g/mol. The molecule has 2 aromatic carbocycles. The third-order valence-electron chi connectivity index (χ3n) is 3.37. The number of ether oxygens (including phenoxy) is 2. The molecule has 0 N–H and O–H groups in total. The van der Waals surface area contributed by atoms with E-state index in [-0.39, 0.29) is 11.6 Å². The van der Waals surface area contributed by atoms with Crippen molar-refractivity contribution < 1.29 is 19.1 Å². The summed E-state index contributed by atoms with van der Waals surface area (Å²) in [5.41, 5.74) is 1.84. The lowest BCUT2D eigenvalue weighted by molar-refractivity contribution is -0.132. The maximum absolute atomic E-state index is 11.9. The van der Waals surface area contributed by atoms with Gasteiger partial charge in [-0.15, -0.1) is 0 Å². The van der Waals surface area contributed by atoms with Gasteiger partial charge in [0.25, 0.3) is 0 Å². The minimum absolute atomic E-state index is 0.195. The van der Waals surface area contributed by atoms with Gasteiger partial charge in [-0.2, -0.15) is 0 Å². The number of aliphatic imine (C=N–C) groups is 1. The Kier molecular flexibility index (Phi) is 5.29. The van der Waals surface area contributed by atoms with E-state index in [1.807, 2.05) is 12.1 Å². The maximum atomic E-state index is 11.9. The van der Waals surface area contributed by atoms with Crippen LogP contribution in [0.25, 0.3) is 12.2 Å². The van der Waals surface area contributed by atoms with Gasteiger partial charge in [0.15, 0.2) is 5.70 Å². The van der Waals surface area contributed by atoms with Crippen LogP contribution in [0.4, 0.5) is 0 Å². The Hall–Kier alpha value is -3.18. The van der Waals surface area contributed by atoms with Crippen molar-refractivity contribution in [1.82, 2.24) is 0 Å². The fourth-order valence-electron chi connectivity index (χ4n) is 2.19. The van der Waals surface area contributed by atoms with Crippen molar-refractivity contribution in [3.8, 4) is 5.75 Å². The zero-order valence-electron chi connectivity index (χ0n) is 13.8. The van der Waals surface area contributed by atoms with Gasteiger partial charge >= 0.3 is 11.9 Å². The number of hydrogen-bond donors (Lipinski definition) is 0. The largest absolute Gasteiger partial charge is 0.427 e. The molecule has 130 valence electrons. The molecule has 0 saturated carbocycles. The van der Waals surface area contributed by atoms with E-state index in [0.717, 1.165) is 11.1 Å². The first kappa shape index (κ1) is 17.6. The summed E-state index contributed by atoms with van der Waals surface area (Å²) in [5, 5.41) is 0.650. The Labute approximate surface area is 155 Å². The number of nitrogens with zero attached hydrogens (tertiary/aromatic N) is 1. The molecular formula is C20H14ClNO4. The van der Waals surface area contributed by atoms with Crippen LogP contribution in [-0.2, 0) is 14.3 Å². The van der Waals surface area contributed by atoms with Gasteiger partial charge in [-0.1, -0.05) is 35.9 Å². The summed E-state index contributed by atoms with van der Waals surface area (Å²) in [4.78, 5) is 27.0. The number of rotatable bonds is 4. The summed E-state index contributed by atoms with van der Waals surface area (Å²) in [7, 11) is 0. The van der Waals surface area contributed by atoms with Crippen molar-refractivity contribution in [3.05, 3.63) is 76.5 Å². The molecule has 0 bridgehead atoms. The summed E-state index contributed by atoms with van der Waals surface area (Å²) >= 11 is 5.84. The van der Waals surface area contributed by atoms with E-state index in [2.05, 4.69) is 4.99 Å². The molecule has 26 heavy (non-hydrogen) atoms. The predicted molar refractivity (Wildman–Crippen MR) is 99.7 cm³/mol. The zero-order chi connectivity index (χ0) is 18.5. The molecule has 0 unspecified atom stereocenters. The van der Waals surface area contributed by atoms with Crippen molar-refractivity contribution >= 4 is 41.6 Å². The summed E-state index contributed by atoms with van der Waals surface area (Å²) < 4.78 is 10.1. The van der Waals surface area contributed by atoms with Crippen LogP contribution in [0.5, 0.6) is 5.75 Å². The lowest BCUT2D eigenvalue weighted by Crippen LogP contribution is -2.01. The normalized spacial score (nSPS) is 15.2. The second-order valence-corrected chi connectivity index (χ2v) is 5.85. The van der Waals surface area contributed by atoms with Gasteiger partial charge in [-0.05, 0) is 47.5 Å². The standard InChI is InChI=1S/C20H14ClNO4/c1-13(23)25-17-9-4-15(5-10-17)12-18-20(24)26-19(22-18)11-6-14-2-7-16(21)8-3-14/h2-12H,1H3. The van der Waals surface area contributed by atoms with Crippen LogP contribution in [0.3, 0.4) is 0 Å². The molecule has 6 heteroatoms. The Morgan fingerprint density at radius 2 is 1.69 bits per heavy atom. The third kappa shape index (κ3) is 4.68. The molecule has 5 nitrogen and oxygen atoms in total.